The van der Waals surface area contributed by atoms with E-state index in [1.165, 1.54) is 16.9 Å². The van der Waals surface area contributed by atoms with E-state index in [0.29, 0.717) is 43.1 Å². The standard InChI is InChI=1S/C37H35Cl2N3O3S/c1-7-45-36(44)33-22(5)40-37-42(34(33)26-12-10-25(11-13-26)20(2)3)35(43)32(46-37)18-27-23(6)41(31-15-8-21(4)16-28(27)31)19-24-9-14-29(38)30(39)17-24/h8-18,20,34H,7,19H2,1-6H3/b32-18-/t34-/m0/s1. The van der Waals surface area contributed by atoms with Crippen molar-refractivity contribution in [2.24, 2.45) is 4.99 Å². The van der Waals surface area contributed by atoms with Crippen LogP contribution in [0.2, 0.25) is 10.0 Å². The zero-order chi connectivity index (χ0) is 32.9. The van der Waals surface area contributed by atoms with Gasteiger partial charge in [0, 0.05) is 28.7 Å². The number of carbonyl (C=O) groups excluding carboxylic acids is 1. The van der Waals surface area contributed by atoms with E-state index in [0.717, 1.165) is 38.9 Å². The molecule has 6 rings (SSSR count). The van der Waals surface area contributed by atoms with E-state index in [2.05, 4.69) is 62.6 Å². The summed E-state index contributed by atoms with van der Waals surface area (Å²) in [4.78, 5) is 33.0. The van der Waals surface area contributed by atoms with Crippen molar-refractivity contribution < 1.29 is 9.53 Å². The second-order valence-electron chi connectivity index (χ2n) is 12.0. The van der Waals surface area contributed by atoms with Gasteiger partial charge >= 0.3 is 5.97 Å². The highest BCUT2D eigenvalue weighted by Gasteiger charge is 2.33. The zero-order valence-corrected chi connectivity index (χ0v) is 29.0. The fraction of sp³-hybridized carbons (Fsp3) is 0.270. The molecule has 3 aromatic carbocycles. The van der Waals surface area contributed by atoms with Crippen molar-refractivity contribution in [3.05, 3.63) is 135 Å². The lowest BCUT2D eigenvalue weighted by atomic mass is 9.93. The van der Waals surface area contributed by atoms with E-state index in [4.69, 9.17) is 32.9 Å². The maximum Gasteiger partial charge on any atom is 0.338 e. The van der Waals surface area contributed by atoms with Gasteiger partial charge in [0.25, 0.3) is 5.56 Å². The van der Waals surface area contributed by atoms with Gasteiger partial charge in [0.1, 0.15) is 0 Å². The van der Waals surface area contributed by atoms with Crippen molar-refractivity contribution in [1.82, 2.24) is 9.13 Å². The quantitative estimate of drug-likeness (QED) is 0.166. The van der Waals surface area contributed by atoms with Gasteiger partial charge in [-0.3, -0.25) is 9.36 Å². The molecule has 46 heavy (non-hydrogen) atoms. The number of allylic oxidation sites excluding steroid dienone is 1. The molecule has 6 nitrogen and oxygen atoms in total. The number of esters is 1. The van der Waals surface area contributed by atoms with E-state index in [9.17, 15) is 9.59 Å². The van der Waals surface area contributed by atoms with Gasteiger partial charge in [0.15, 0.2) is 4.80 Å². The number of aryl methyl sites for hydroxylation is 1. The first-order valence-corrected chi connectivity index (χ1v) is 16.9. The largest absolute Gasteiger partial charge is 0.463 e. The minimum atomic E-state index is -0.655. The van der Waals surface area contributed by atoms with Gasteiger partial charge in [0.2, 0.25) is 0 Å². The molecule has 0 saturated heterocycles. The maximum atomic E-state index is 14.4. The average Bonchev–Trinajstić information content (AvgIpc) is 3.46. The SMILES string of the molecule is CCOC(=O)C1=C(C)N=c2s/c(=C\c3c(C)n(Cc4ccc(Cl)c(Cl)c4)c4ccc(C)cc34)c(=O)n2[C@H]1c1ccc(C(C)C)cc1. The monoisotopic (exact) mass is 671 g/mol. The summed E-state index contributed by atoms with van der Waals surface area (Å²) in [6, 6.07) is 19.5. The Kier molecular flexibility index (Phi) is 8.85. The Labute approximate surface area is 281 Å². The first-order valence-electron chi connectivity index (χ1n) is 15.3. The molecule has 0 saturated carbocycles. The van der Waals surface area contributed by atoms with Crippen molar-refractivity contribution in [2.45, 2.75) is 60.0 Å². The van der Waals surface area contributed by atoms with E-state index in [1.54, 1.807) is 11.5 Å². The Morgan fingerprint density at radius 1 is 1.02 bits per heavy atom. The molecule has 2 aromatic heterocycles. The fourth-order valence-corrected chi connectivity index (χ4v) is 7.48. The summed E-state index contributed by atoms with van der Waals surface area (Å²) in [5.74, 6) is -0.115. The minimum Gasteiger partial charge on any atom is -0.463 e. The number of carbonyl (C=O) groups is 1. The number of hydrogen-bond acceptors (Lipinski definition) is 5. The highest BCUT2D eigenvalue weighted by molar-refractivity contribution is 7.07. The lowest BCUT2D eigenvalue weighted by Crippen LogP contribution is -2.40. The van der Waals surface area contributed by atoms with E-state index < -0.39 is 12.0 Å². The Morgan fingerprint density at radius 3 is 2.43 bits per heavy atom. The molecule has 1 atom stereocenters. The summed E-state index contributed by atoms with van der Waals surface area (Å²) in [5, 5.41) is 2.07. The molecule has 0 bridgehead atoms. The molecule has 0 fully saturated rings. The van der Waals surface area contributed by atoms with Gasteiger partial charge in [-0.05, 0) is 80.6 Å². The van der Waals surface area contributed by atoms with E-state index >= 15 is 0 Å². The molecular weight excluding hydrogens is 637 g/mol. The Morgan fingerprint density at radius 2 is 1.76 bits per heavy atom. The number of fused-ring (bicyclic) bond motifs is 2. The average molecular weight is 673 g/mol. The molecule has 0 aliphatic carbocycles. The third-order valence-electron chi connectivity index (χ3n) is 8.56. The van der Waals surface area contributed by atoms with Crippen LogP contribution in [-0.2, 0) is 16.1 Å². The molecule has 1 aliphatic heterocycles. The van der Waals surface area contributed by atoms with Crippen molar-refractivity contribution in [2.75, 3.05) is 6.61 Å². The summed E-state index contributed by atoms with van der Waals surface area (Å²) in [6.45, 7) is 12.8. The predicted molar refractivity (Wildman–Crippen MR) is 188 cm³/mol. The Balaban J connectivity index is 1.54. The third kappa shape index (κ3) is 5.76. The topological polar surface area (TPSA) is 65.6 Å². The summed E-state index contributed by atoms with van der Waals surface area (Å²) in [5.41, 5.74) is 7.91. The van der Waals surface area contributed by atoms with E-state index in [1.807, 2.05) is 43.3 Å². The number of hydrogen-bond donors (Lipinski definition) is 0. The number of ether oxygens (including phenoxy) is 1. The third-order valence-corrected chi connectivity index (χ3v) is 10.3. The number of thiazole rings is 1. The zero-order valence-electron chi connectivity index (χ0n) is 26.7. The number of aromatic nitrogens is 2. The molecule has 0 N–H and O–H groups in total. The smallest absolute Gasteiger partial charge is 0.338 e. The van der Waals surface area contributed by atoms with Crippen molar-refractivity contribution in [1.29, 1.82) is 0 Å². The molecular formula is C37H35Cl2N3O3S. The van der Waals surface area contributed by atoms with Crippen LogP contribution in [0, 0.1) is 13.8 Å². The molecule has 0 spiro atoms. The molecule has 9 heteroatoms. The predicted octanol–water partition coefficient (Wildman–Crippen LogP) is 7.85. The van der Waals surface area contributed by atoms with Crippen LogP contribution in [0.25, 0.3) is 17.0 Å². The lowest BCUT2D eigenvalue weighted by Gasteiger charge is -2.25. The maximum absolute atomic E-state index is 14.4. The highest BCUT2D eigenvalue weighted by atomic mass is 35.5. The van der Waals surface area contributed by atoms with Crippen LogP contribution in [0.1, 0.15) is 73.2 Å². The number of halogens is 2. The lowest BCUT2D eigenvalue weighted by molar-refractivity contribution is -0.139. The van der Waals surface area contributed by atoms with Gasteiger partial charge in [0.05, 0.1) is 38.5 Å². The van der Waals surface area contributed by atoms with Crippen LogP contribution in [0.3, 0.4) is 0 Å². The van der Waals surface area contributed by atoms with Crippen molar-refractivity contribution in [3.8, 4) is 0 Å². The molecule has 0 amide bonds. The van der Waals surface area contributed by atoms with Crippen LogP contribution in [0.5, 0.6) is 0 Å². The first kappa shape index (κ1) is 32.0. The van der Waals surface area contributed by atoms with Gasteiger partial charge in [-0.2, -0.15) is 0 Å². The van der Waals surface area contributed by atoms with Crippen LogP contribution in [0.15, 0.2) is 81.7 Å². The molecule has 1 aliphatic rings. The summed E-state index contributed by atoms with van der Waals surface area (Å²) in [6.07, 6.45) is 1.97. The fourth-order valence-electron chi connectivity index (χ4n) is 6.13. The number of rotatable bonds is 7. The van der Waals surface area contributed by atoms with Gasteiger partial charge in [-0.25, -0.2) is 9.79 Å². The molecule has 0 radical (unpaired) electrons. The molecule has 236 valence electrons. The van der Waals surface area contributed by atoms with Crippen LogP contribution in [0.4, 0.5) is 0 Å². The number of benzene rings is 3. The normalized spacial score (nSPS) is 15.1. The number of nitrogens with zero attached hydrogens (tertiary/aromatic N) is 3. The molecule has 3 heterocycles. The highest BCUT2D eigenvalue weighted by Crippen LogP contribution is 2.33. The van der Waals surface area contributed by atoms with Crippen LogP contribution in [-0.4, -0.2) is 21.7 Å². The minimum absolute atomic E-state index is 0.201. The van der Waals surface area contributed by atoms with Crippen molar-refractivity contribution in [3.63, 3.8) is 0 Å². The van der Waals surface area contributed by atoms with Gasteiger partial charge < -0.3 is 9.30 Å². The Hall–Kier alpha value is -3.91. The molecule has 0 unspecified atom stereocenters. The van der Waals surface area contributed by atoms with Gasteiger partial charge in [-0.1, -0.05) is 90.3 Å². The molecule has 5 aromatic rings. The van der Waals surface area contributed by atoms with Crippen molar-refractivity contribution >= 4 is 57.5 Å². The Bertz CT molecular complexity index is 2220. The van der Waals surface area contributed by atoms with Crippen LogP contribution < -0.4 is 14.9 Å². The van der Waals surface area contributed by atoms with Crippen LogP contribution >= 0.6 is 34.5 Å². The summed E-state index contributed by atoms with van der Waals surface area (Å²) >= 11 is 13.9. The second-order valence-corrected chi connectivity index (χ2v) is 13.8. The van der Waals surface area contributed by atoms with E-state index in [-0.39, 0.29) is 12.2 Å². The second kappa shape index (κ2) is 12.7. The summed E-state index contributed by atoms with van der Waals surface area (Å²) < 4.78 is 9.89. The van der Waals surface area contributed by atoms with Gasteiger partial charge in [-0.15, -0.1) is 0 Å². The summed E-state index contributed by atoms with van der Waals surface area (Å²) in [7, 11) is 0. The first-order chi connectivity index (χ1) is 22.0.